The highest BCUT2D eigenvalue weighted by molar-refractivity contribution is 6.32. The van der Waals surface area contributed by atoms with Crippen LogP contribution in [-0.4, -0.2) is 5.84 Å². The van der Waals surface area contributed by atoms with Gasteiger partial charge in [-0.3, -0.25) is 5.41 Å². The van der Waals surface area contributed by atoms with Crippen molar-refractivity contribution in [2.45, 2.75) is 6.92 Å². The quantitative estimate of drug-likeness (QED) is 0.661. The first-order valence-corrected chi connectivity index (χ1v) is 5.93. The average Bonchev–Trinajstić information content (AvgIpc) is 2.33. The van der Waals surface area contributed by atoms with E-state index < -0.39 is 11.7 Å². The summed E-state index contributed by atoms with van der Waals surface area (Å²) >= 11 is 6.01. The summed E-state index contributed by atoms with van der Waals surface area (Å²) in [6.45, 7) is 1.89. The molecule has 0 fully saturated rings. The maximum Gasteiger partial charge on any atom is 0.146 e. The van der Waals surface area contributed by atoms with Crippen molar-refractivity contribution in [1.29, 1.82) is 5.41 Å². The summed E-state index contributed by atoms with van der Waals surface area (Å²) in [6.07, 6.45) is 0. The second-order valence-corrected chi connectivity index (χ2v) is 4.47. The van der Waals surface area contributed by atoms with Crippen molar-refractivity contribution in [3.8, 4) is 11.5 Å². The molecule has 0 aromatic heterocycles. The zero-order chi connectivity index (χ0) is 14.0. The number of aryl methyl sites for hydroxylation is 1. The SMILES string of the molecule is Cc1ccc(Cl)c(Oc2cccc(F)c2C(=N)N)c1. The van der Waals surface area contributed by atoms with Crippen LogP contribution >= 0.6 is 11.6 Å². The molecule has 0 saturated heterocycles. The third-order valence-electron chi connectivity index (χ3n) is 2.55. The third kappa shape index (κ3) is 2.85. The average molecular weight is 279 g/mol. The van der Waals surface area contributed by atoms with Gasteiger partial charge in [-0.15, -0.1) is 0 Å². The smallest absolute Gasteiger partial charge is 0.146 e. The van der Waals surface area contributed by atoms with Crippen molar-refractivity contribution in [3.63, 3.8) is 0 Å². The normalized spacial score (nSPS) is 10.3. The number of amidine groups is 1. The Morgan fingerprint density at radius 2 is 2.00 bits per heavy atom. The Morgan fingerprint density at radius 1 is 1.26 bits per heavy atom. The summed E-state index contributed by atoms with van der Waals surface area (Å²) in [7, 11) is 0. The Kier molecular flexibility index (Phi) is 3.71. The van der Waals surface area contributed by atoms with Gasteiger partial charge < -0.3 is 10.5 Å². The molecule has 0 aliphatic rings. The van der Waals surface area contributed by atoms with Gasteiger partial charge in [-0.2, -0.15) is 0 Å². The lowest BCUT2D eigenvalue weighted by Gasteiger charge is -2.12. The van der Waals surface area contributed by atoms with Gasteiger partial charge in [-0.1, -0.05) is 23.7 Å². The first-order valence-electron chi connectivity index (χ1n) is 5.56. The van der Waals surface area contributed by atoms with Crippen LogP contribution < -0.4 is 10.5 Å². The van der Waals surface area contributed by atoms with E-state index in [1.165, 1.54) is 12.1 Å². The second-order valence-electron chi connectivity index (χ2n) is 4.06. The van der Waals surface area contributed by atoms with Gasteiger partial charge in [0, 0.05) is 0 Å². The molecule has 0 radical (unpaired) electrons. The Balaban J connectivity index is 2.46. The van der Waals surface area contributed by atoms with Crippen molar-refractivity contribution in [2.75, 3.05) is 0 Å². The molecule has 0 aliphatic carbocycles. The summed E-state index contributed by atoms with van der Waals surface area (Å²) in [5.74, 6) is -0.430. The van der Waals surface area contributed by atoms with E-state index in [0.717, 1.165) is 5.56 Å². The van der Waals surface area contributed by atoms with Crippen LogP contribution in [0.25, 0.3) is 0 Å². The van der Waals surface area contributed by atoms with Crippen LogP contribution in [-0.2, 0) is 0 Å². The van der Waals surface area contributed by atoms with E-state index in [1.54, 1.807) is 18.2 Å². The Bertz CT molecular complexity index is 643. The largest absolute Gasteiger partial charge is 0.455 e. The molecular weight excluding hydrogens is 267 g/mol. The number of hydrogen-bond acceptors (Lipinski definition) is 2. The molecule has 0 unspecified atom stereocenters. The van der Waals surface area contributed by atoms with E-state index in [0.29, 0.717) is 10.8 Å². The molecule has 0 heterocycles. The summed E-state index contributed by atoms with van der Waals surface area (Å²) in [5.41, 5.74) is 6.26. The minimum atomic E-state index is -0.603. The molecule has 0 spiro atoms. The second kappa shape index (κ2) is 5.28. The number of ether oxygens (including phenoxy) is 1. The van der Waals surface area contributed by atoms with Crippen LogP contribution in [0.15, 0.2) is 36.4 Å². The van der Waals surface area contributed by atoms with Crippen molar-refractivity contribution < 1.29 is 9.13 Å². The van der Waals surface area contributed by atoms with Crippen molar-refractivity contribution >= 4 is 17.4 Å². The number of nitrogens with two attached hydrogens (primary N) is 1. The Morgan fingerprint density at radius 3 is 2.68 bits per heavy atom. The fraction of sp³-hybridized carbons (Fsp3) is 0.0714. The Hall–Kier alpha value is -2.07. The lowest BCUT2D eigenvalue weighted by Crippen LogP contribution is -2.14. The highest BCUT2D eigenvalue weighted by Crippen LogP contribution is 2.32. The number of rotatable bonds is 3. The molecule has 0 aliphatic heterocycles. The molecule has 0 bridgehead atoms. The van der Waals surface area contributed by atoms with Crippen LogP contribution in [0.2, 0.25) is 5.02 Å². The van der Waals surface area contributed by atoms with Crippen LogP contribution in [0.5, 0.6) is 11.5 Å². The fourth-order valence-electron chi connectivity index (χ4n) is 1.66. The molecule has 98 valence electrons. The summed E-state index contributed by atoms with van der Waals surface area (Å²) in [5, 5.41) is 7.81. The zero-order valence-corrected chi connectivity index (χ0v) is 11.0. The van der Waals surface area contributed by atoms with Gasteiger partial charge in [0.25, 0.3) is 0 Å². The van der Waals surface area contributed by atoms with E-state index in [4.69, 9.17) is 27.5 Å². The molecule has 0 amide bonds. The number of nitrogens with one attached hydrogen (secondary N) is 1. The maximum atomic E-state index is 13.6. The maximum absolute atomic E-state index is 13.6. The van der Waals surface area contributed by atoms with E-state index in [9.17, 15) is 4.39 Å². The Labute approximate surface area is 115 Å². The van der Waals surface area contributed by atoms with Crippen LogP contribution in [0.4, 0.5) is 4.39 Å². The van der Waals surface area contributed by atoms with E-state index in [2.05, 4.69) is 0 Å². The lowest BCUT2D eigenvalue weighted by molar-refractivity contribution is 0.475. The molecular formula is C14H12ClFN2O. The van der Waals surface area contributed by atoms with Crippen LogP contribution in [0.1, 0.15) is 11.1 Å². The van der Waals surface area contributed by atoms with E-state index in [1.807, 2.05) is 13.0 Å². The predicted octanol–water partition coefficient (Wildman–Crippen LogP) is 3.86. The van der Waals surface area contributed by atoms with E-state index >= 15 is 0 Å². The summed E-state index contributed by atoms with van der Waals surface area (Å²) in [6, 6.07) is 9.52. The topological polar surface area (TPSA) is 59.1 Å². The third-order valence-corrected chi connectivity index (χ3v) is 2.86. The van der Waals surface area contributed by atoms with Gasteiger partial charge in [0.2, 0.25) is 0 Å². The number of halogens is 2. The summed E-state index contributed by atoms with van der Waals surface area (Å²) < 4.78 is 19.2. The van der Waals surface area contributed by atoms with Crippen molar-refractivity contribution in [1.82, 2.24) is 0 Å². The van der Waals surface area contributed by atoms with Gasteiger partial charge in [0.05, 0.1) is 10.6 Å². The molecule has 2 rings (SSSR count). The molecule has 5 heteroatoms. The lowest BCUT2D eigenvalue weighted by atomic mass is 10.1. The number of hydrogen-bond donors (Lipinski definition) is 2. The molecule has 19 heavy (non-hydrogen) atoms. The van der Waals surface area contributed by atoms with Gasteiger partial charge >= 0.3 is 0 Å². The number of nitrogen functional groups attached to an aromatic ring is 1. The summed E-state index contributed by atoms with van der Waals surface area (Å²) in [4.78, 5) is 0. The monoisotopic (exact) mass is 278 g/mol. The minimum Gasteiger partial charge on any atom is -0.455 e. The zero-order valence-electron chi connectivity index (χ0n) is 10.2. The minimum absolute atomic E-state index is 0.0694. The predicted molar refractivity (Wildman–Crippen MR) is 73.7 cm³/mol. The van der Waals surface area contributed by atoms with Gasteiger partial charge in [0.15, 0.2) is 0 Å². The van der Waals surface area contributed by atoms with Crippen molar-refractivity contribution in [3.05, 3.63) is 58.4 Å². The van der Waals surface area contributed by atoms with Crippen LogP contribution in [0.3, 0.4) is 0 Å². The standard InChI is InChI=1S/C14H12ClFN2O/c1-8-5-6-9(15)12(7-8)19-11-4-2-3-10(16)13(11)14(17)18/h2-7H,1H3,(H3,17,18). The molecule has 2 aromatic rings. The van der Waals surface area contributed by atoms with Gasteiger partial charge in [-0.05, 0) is 36.8 Å². The van der Waals surface area contributed by atoms with Crippen molar-refractivity contribution in [2.24, 2.45) is 5.73 Å². The molecule has 0 saturated carbocycles. The molecule has 3 nitrogen and oxygen atoms in total. The molecule has 2 aromatic carbocycles. The first-order chi connectivity index (χ1) is 8.99. The highest BCUT2D eigenvalue weighted by Gasteiger charge is 2.14. The highest BCUT2D eigenvalue weighted by atomic mass is 35.5. The van der Waals surface area contributed by atoms with Gasteiger partial charge in [0.1, 0.15) is 23.2 Å². The number of benzene rings is 2. The van der Waals surface area contributed by atoms with Gasteiger partial charge in [-0.25, -0.2) is 4.39 Å². The molecule has 3 N–H and O–H groups in total. The first kappa shape index (κ1) is 13.4. The molecule has 0 atom stereocenters. The fourth-order valence-corrected chi connectivity index (χ4v) is 1.81. The van der Waals surface area contributed by atoms with E-state index in [-0.39, 0.29) is 11.3 Å². The van der Waals surface area contributed by atoms with Crippen LogP contribution in [0, 0.1) is 18.2 Å².